The summed E-state index contributed by atoms with van der Waals surface area (Å²) < 4.78 is 2.73. The molecule has 0 saturated carbocycles. The minimum atomic E-state index is -0.106. The van der Waals surface area contributed by atoms with Crippen molar-refractivity contribution in [2.45, 2.75) is 19.3 Å². The topological polar surface area (TPSA) is 0 Å². The highest BCUT2D eigenvalue weighted by Gasteiger charge is 2.38. The molecule has 0 unspecified atom stereocenters. The van der Waals surface area contributed by atoms with Gasteiger partial charge in [0.15, 0.2) is 0 Å². The summed E-state index contributed by atoms with van der Waals surface area (Å²) in [5, 5.41) is 10.6. The van der Waals surface area contributed by atoms with E-state index >= 15 is 0 Å². The summed E-state index contributed by atoms with van der Waals surface area (Å²) in [6.07, 6.45) is 0. The fourth-order valence-electron chi connectivity index (χ4n) is 9.36. The van der Waals surface area contributed by atoms with Crippen LogP contribution in [-0.4, -0.2) is 0 Å². The lowest BCUT2D eigenvalue weighted by molar-refractivity contribution is 0.667. The van der Waals surface area contributed by atoms with Crippen LogP contribution in [0.2, 0.25) is 0 Å². The molecule has 0 atom stereocenters. The number of thiophene rings is 1. The highest BCUT2D eigenvalue weighted by atomic mass is 32.1. The lowest BCUT2D eigenvalue weighted by Gasteiger charge is -2.23. The lowest BCUT2D eigenvalue weighted by atomic mass is 9.79. The molecule has 1 heterocycles. The van der Waals surface area contributed by atoms with E-state index in [1.807, 2.05) is 11.3 Å². The third-order valence-corrected chi connectivity index (χ3v) is 12.8. The van der Waals surface area contributed by atoms with Gasteiger partial charge in [0.05, 0.1) is 0 Å². The summed E-state index contributed by atoms with van der Waals surface area (Å²) in [7, 11) is 0. The monoisotopic (exact) mass is 678 g/mol. The molecule has 0 aliphatic heterocycles. The Kier molecular flexibility index (Phi) is 6.27. The molecule has 0 nitrogen and oxygen atoms in total. The van der Waals surface area contributed by atoms with Crippen LogP contribution in [0.1, 0.15) is 25.0 Å². The molecule has 1 aliphatic carbocycles. The van der Waals surface area contributed by atoms with Crippen LogP contribution in [0.4, 0.5) is 0 Å². The van der Waals surface area contributed by atoms with Gasteiger partial charge in [-0.3, -0.25) is 0 Å². The highest BCUT2D eigenvalue weighted by Crippen LogP contribution is 2.57. The van der Waals surface area contributed by atoms with E-state index in [1.165, 1.54) is 108 Å². The maximum Gasteiger partial charge on any atom is 0.0437 e. The normalized spacial score (nSPS) is 13.3. The van der Waals surface area contributed by atoms with Crippen molar-refractivity contribution in [3.05, 3.63) is 181 Å². The van der Waals surface area contributed by atoms with Gasteiger partial charge in [-0.05, 0) is 94.5 Å². The first-order valence-electron chi connectivity index (χ1n) is 18.2. The summed E-state index contributed by atoms with van der Waals surface area (Å²) >= 11 is 1.95. The van der Waals surface area contributed by atoms with Crippen molar-refractivity contribution in [3.63, 3.8) is 0 Å². The maximum atomic E-state index is 2.50. The summed E-state index contributed by atoms with van der Waals surface area (Å²) in [6, 6.07) is 63.2. The Morgan fingerprint density at radius 1 is 0.404 bits per heavy atom. The van der Waals surface area contributed by atoms with Crippen LogP contribution in [0.15, 0.2) is 170 Å². The van der Waals surface area contributed by atoms with Crippen LogP contribution in [0.5, 0.6) is 0 Å². The van der Waals surface area contributed by atoms with E-state index in [4.69, 9.17) is 0 Å². The second kappa shape index (κ2) is 11.0. The van der Waals surface area contributed by atoms with Crippen LogP contribution < -0.4 is 0 Å². The van der Waals surface area contributed by atoms with Crippen molar-refractivity contribution in [2.24, 2.45) is 0 Å². The SMILES string of the molecule is CC1(C)c2ccccc2-c2cc(-c3ccc(-c4c5ccccc5c(-c5ccccc5)c5ccccc45)cc3)c3sc4ccc5ccccc5c4c3c21. The molecule has 52 heavy (non-hydrogen) atoms. The van der Waals surface area contributed by atoms with Gasteiger partial charge in [-0.15, -0.1) is 11.3 Å². The second-order valence-corrected chi connectivity index (χ2v) is 15.8. The number of fused-ring (bicyclic) bond motifs is 11. The molecule has 0 N–H and O–H groups in total. The molecule has 0 radical (unpaired) electrons. The zero-order chi connectivity index (χ0) is 34.6. The molecule has 1 aromatic heterocycles. The van der Waals surface area contributed by atoms with E-state index in [0.717, 1.165) is 0 Å². The Hall–Kier alpha value is -6.02. The molecule has 9 aromatic carbocycles. The maximum absolute atomic E-state index is 2.50. The van der Waals surface area contributed by atoms with Crippen LogP contribution in [0.3, 0.4) is 0 Å². The van der Waals surface area contributed by atoms with E-state index in [-0.39, 0.29) is 5.41 Å². The van der Waals surface area contributed by atoms with Gasteiger partial charge in [0, 0.05) is 31.2 Å². The average molecular weight is 679 g/mol. The summed E-state index contributed by atoms with van der Waals surface area (Å²) in [4.78, 5) is 0. The summed E-state index contributed by atoms with van der Waals surface area (Å²) in [6.45, 7) is 4.83. The third kappa shape index (κ3) is 4.09. The predicted molar refractivity (Wildman–Crippen MR) is 226 cm³/mol. The van der Waals surface area contributed by atoms with Crippen molar-refractivity contribution < 1.29 is 0 Å². The number of rotatable bonds is 3. The van der Waals surface area contributed by atoms with Crippen molar-refractivity contribution in [2.75, 3.05) is 0 Å². The molecule has 1 heteroatoms. The van der Waals surface area contributed by atoms with Gasteiger partial charge in [0.25, 0.3) is 0 Å². The Bertz CT molecular complexity index is 3010. The Balaban J connectivity index is 1.18. The second-order valence-electron chi connectivity index (χ2n) is 14.8. The Morgan fingerprint density at radius 2 is 0.942 bits per heavy atom. The van der Waals surface area contributed by atoms with Crippen LogP contribution >= 0.6 is 11.3 Å². The molecule has 0 bridgehead atoms. The van der Waals surface area contributed by atoms with Gasteiger partial charge in [0.2, 0.25) is 0 Å². The first-order valence-corrected chi connectivity index (χ1v) is 19.0. The minimum Gasteiger partial charge on any atom is -0.134 e. The molecular weight excluding hydrogens is 645 g/mol. The Labute approximate surface area is 307 Å². The fraction of sp³-hybridized carbons (Fsp3) is 0.0588. The number of hydrogen-bond donors (Lipinski definition) is 0. The number of hydrogen-bond acceptors (Lipinski definition) is 1. The summed E-state index contributed by atoms with van der Waals surface area (Å²) in [5.41, 5.74) is 13.1. The standard InChI is InChI=1S/C51H34S/c1-51(2)43-23-13-12-18-36(43)42-30-41(50-48(49(42)51)47-35-17-7-6-14-31(35)28-29-44(47)52-50)32-24-26-34(27-25-32)46-39-21-10-8-19-37(39)45(33-15-4-3-5-16-33)38-20-9-11-22-40(38)46/h3-30H,1-2H3. The number of benzene rings is 9. The minimum absolute atomic E-state index is 0.106. The van der Waals surface area contributed by atoms with Gasteiger partial charge >= 0.3 is 0 Å². The van der Waals surface area contributed by atoms with Crippen LogP contribution in [0.25, 0.3) is 97.0 Å². The average Bonchev–Trinajstić information content (AvgIpc) is 3.69. The van der Waals surface area contributed by atoms with Gasteiger partial charge in [-0.2, -0.15) is 0 Å². The van der Waals surface area contributed by atoms with Crippen LogP contribution in [0, 0.1) is 0 Å². The molecule has 0 amide bonds. The lowest BCUT2D eigenvalue weighted by Crippen LogP contribution is -2.15. The quantitative estimate of drug-likeness (QED) is 0.163. The summed E-state index contributed by atoms with van der Waals surface area (Å²) in [5.74, 6) is 0. The highest BCUT2D eigenvalue weighted by molar-refractivity contribution is 7.26. The van der Waals surface area contributed by atoms with Crippen molar-refractivity contribution in [3.8, 4) is 44.5 Å². The van der Waals surface area contributed by atoms with Crippen LogP contribution in [-0.2, 0) is 5.41 Å². The van der Waals surface area contributed by atoms with Crippen molar-refractivity contribution >= 4 is 63.8 Å². The molecule has 0 saturated heterocycles. The molecule has 10 aromatic rings. The molecule has 0 spiro atoms. The smallest absolute Gasteiger partial charge is 0.0437 e. The molecule has 11 rings (SSSR count). The van der Waals surface area contributed by atoms with E-state index in [0.29, 0.717) is 0 Å². The van der Waals surface area contributed by atoms with E-state index in [1.54, 1.807) is 0 Å². The molecule has 0 fully saturated rings. The van der Waals surface area contributed by atoms with Gasteiger partial charge in [0.1, 0.15) is 0 Å². The first kappa shape index (κ1) is 29.7. The van der Waals surface area contributed by atoms with Crippen molar-refractivity contribution in [1.29, 1.82) is 0 Å². The zero-order valence-electron chi connectivity index (χ0n) is 29.1. The van der Waals surface area contributed by atoms with E-state index in [2.05, 4.69) is 184 Å². The predicted octanol–water partition coefficient (Wildman–Crippen LogP) is 14.8. The zero-order valence-corrected chi connectivity index (χ0v) is 29.9. The van der Waals surface area contributed by atoms with E-state index < -0.39 is 0 Å². The van der Waals surface area contributed by atoms with E-state index in [9.17, 15) is 0 Å². The first-order chi connectivity index (χ1) is 25.6. The fourth-order valence-corrected chi connectivity index (χ4v) is 10.6. The molecular formula is C51H34S. The van der Waals surface area contributed by atoms with Gasteiger partial charge in [-0.1, -0.05) is 172 Å². The van der Waals surface area contributed by atoms with Gasteiger partial charge in [-0.25, -0.2) is 0 Å². The molecule has 1 aliphatic rings. The van der Waals surface area contributed by atoms with Gasteiger partial charge < -0.3 is 0 Å². The largest absolute Gasteiger partial charge is 0.134 e. The molecule has 244 valence electrons. The third-order valence-electron chi connectivity index (χ3n) is 11.6. The van der Waals surface area contributed by atoms with Crippen molar-refractivity contribution in [1.82, 2.24) is 0 Å². The Morgan fingerprint density at radius 3 is 1.62 bits per heavy atom.